The molecule has 1 aliphatic heterocycles. The molecule has 0 bridgehead atoms. The lowest BCUT2D eigenvalue weighted by atomic mass is 10.1. The summed E-state index contributed by atoms with van der Waals surface area (Å²) < 4.78 is 0. The Morgan fingerprint density at radius 3 is 2.52 bits per heavy atom. The average Bonchev–Trinajstić information content (AvgIpc) is 2.66. The summed E-state index contributed by atoms with van der Waals surface area (Å²) in [6, 6.07) is 18.1. The molecule has 0 unspecified atom stereocenters. The number of rotatable bonds is 3. The highest BCUT2D eigenvalue weighted by Gasteiger charge is 2.23. The van der Waals surface area contributed by atoms with Crippen LogP contribution in [0.4, 0.5) is 5.69 Å². The van der Waals surface area contributed by atoms with Gasteiger partial charge in [-0.15, -0.1) is 0 Å². The molecule has 0 aromatic heterocycles. The Hall–Kier alpha value is -2.42. The first-order chi connectivity index (χ1) is 10.3. The molecule has 0 aliphatic carbocycles. The predicted octanol–water partition coefficient (Wildman–Crippen LogP) is 3.71. The maximum atomic E-state index is 12.6. The Morgan fingerprint density at radius 1 is 1.05 bits per heavy atom. The van der Waals surface area contributed by atoms with E-state index in [-0.39, 0.29) is 5.91 Å². The van der Waals surface area contributed by atoms with Crippen molar-refractivity contribution in [2.45, 2.75) is 26.4 Å². The van der Waals surface area contributed by atoms with Crippen LogP contribution in [0.2, 0.25) is 0 Å². The zero-order chi connectivity index (χ0) is 14.7. The Labute approximate surface area is 124 Å². The molecule has 3 rings (SSSR count). The summed E-state index contributed by atoms with van der Waals surface area (Å²) in [7, 11) is 0. The van der Waals surface area contributed by atoms with Gasteiger partial charge in [-0.2, -0.15) is 0 Å². The molecule has 0 fully saturated rings. The summed E-state index contributed by atoms with van der Waals surface area (Å²) >= 11 is 0. The van der Waals surface area contributed by atoms with Gasteiger partial charge < -0.3 is 4.90 Å². The number of hydrogen-bond acceptors (Lipinski definition) is 2. The first kappa shape index (κ1) is 13.6. The van der Waals surface area contributed by atoms with Crippen molar-refractivity contribution in [3.05, 3.63) is 65.7 Å². The van der Waals surface area contributed by atoms with Crippen molar-refractivity contribution in [2.24, 2.45) is 4.99 Å². The zero-order valence-electron chi connectivity index (χ0n) is 12.1. The van der Waals surface area contributed by atoms with Gasteiger partial charge in [-0.05, 0) is 23.6 Å². The lowest BCUT2D eigenvalue weighted by molar-refractivity contribution is -0.125. The Balaban J connectivity index is 1.95. The largest absolute Gasteiger partial charge is 0.329 e. The molecular formula is C18H18N2O. The number of amides is 1. The number of hydrogen-bond donors (Lipinski definition) is 0. The van der Waals surface area contributed by atoms with Crippen LogP contribution in [0.1, 0.15) is 24.5 Å². The van der Waals surface area contributed by atoms with E-state index in [0.717, 1.165) is 16.8 Å². The van der Waals surface area contributed by atoms with Crippen LogP contribution in [-0.4, -0.2) is 16.5 Å². The average molecular weight is 278 g/mol. The highest BCUT2D eigenvalue weighted by atomic mass is 16.2. The van der Waals surface area contributed by atoms with Crippen LogP contribution in [0.3, 0.4) is 0 Å². The summed E-state index contributed by atoms with van der Waals surface area (Å²) in [4.78, 5) is 19.1. The summed E-state index contributed by atoms with van der Waals surface area (Å²) in [5.41, 5.74) is 3.79. The van der Waals surface area contributed by atoms with Gasteiger partial charge in [-0.1, -0.05) is 55.5 Å². The number of fused-ring (bicyclic) bond motifs is 1. The molecule has 0 saturated carbocycles. The molecule has 3 heteroatoms. The Morgan fingerprint density at radius 2 is 1.76 bits per heavy atom. The highest BCUT2D eigenvalue weighted by molar-refractivity contribution is 6.39. The van der Waals surface area contributed by atoms with Crippen molar-refractivity contribution >= 4 is 17.3 Å². The molecule has 0 N–H and O–H groups in total. The SMILES string of the molecule is CCC1=Nc2ccccc2CN(Cc2ccccc2)C1=O. The van der Waals surface area contributed by atoms with Crippen LogP contribution >= 0.6 is 0 Å². The third-order valence-electron chi connectivity index (χ3n) is 3.69. The lowest BCUT2D eigenvalue weighted by Gasteiger charge is -2.21. The normalized spacial score (nSPS) is 14.4. The van der Waals surface area contributed by atoms with Gasteiger partial charge in [0.05, 0.1) is 5.69 Å². The van der Waals surface area contributed by atoms with Crippen LogP contribution in [0.25, 0.3) is 0 Å². The van der Waals surface area contributed by atoms with E-state index in [1.165, 1.54) is 0 Å². The van der Waals surface area contributed by atoms with Gasteiger partial charge in [0.1, 0.15) is 5.71 Å². The van der Waals surface area contributed by atoms with Crippen molar-refractivity contribution < 1.29 is 4.79 Å². The molecule has 0 spiro atoms. The Bertz CT molecular complexity index is 677. The van der Waals surface area contributed by atoms with E-state index in [4.69, 9.17) is 0 Å². The van der Waals surface area contributed by atoms with Crippen LogP contribution < -0.4 is 0 Å². The number of nitrogens with zero attached hydrogens (tertiary/aromatic N) is 2. The fourth-order valence-corrected chi connectivity index (χ4v) is 2.57. The molecule has 106 valence electrons. The highest BCUT2D eigenvalue weighted by Crippen LogP contribution is 2.25. The van der Waals surface area contributed by atoms with Gasteiger partial charge in [0, 0.05) is 13.1 Å². The molecular weight excluding hydrogens is 260 g/mol. The Kier molecular flexibility index (Phi) is 3.82. The van der Waals surface area contributed by atoms with E-state index in [9.17, 15) is 4.79 Å². The first-order valence-electron chi connectivity index (χ1n) is 7.26. The maximum Gasteiger partial charge on any atom is 0.268 e. The molecule has 1 heterocycles. The molecule has 2 aromatic rings. The fraction of sp³-hybridized carbons (Fsp3) is 0.222. The van der Waals surface area contributed by atoms with Crippen LogP contribution in [0, 0.1) is 0 Å². The summed E-state index contributed by atoms with van der Waals surface area (Å²) in [6.45, 7) is 3.20. The van der Waals surface area contributed by atoms with Gasteiger partial charge >= 0.3 is 0 Å². The molecule has 0 atom stereocenters. The predicted molar refractivity (Wildman–Crippen MR) is 84.5 cm³/mol. The molecule has 3 nitrogen and oxygen atoms in total. The third-order valence-corrected chi connectivity index (χ3v) is 3.69. The van der Waals surface area contributed by atoms with E-state index in [0.29, 0.717) is 25.2 Å². The number of aliphatic imine (C=N–C) groups is 1. The van der Waals surface area contributed by atoms with Gasteiger partial charge in [-0.25, -0.2) is 4.99 Å². The van der Waals surface area contributed by atoms with Crippen LogP contribution in [0.5, 0.6) is 0 Å². The number of para-hydroxylation sites is 1. The maximum absolute atomic E-state index is 12.6. The van der Waals surface area contributed by atoms with Gasteiger partial charge in [0.2, 0.25) is 0 Å². The van der Waals surface area contributed by atoms with Crippen LogP contribution in [-0.2, 0) is 17.9 Å². The minimum absolute atomic E-state index is 0.0394. The zero-order valence-corrected chi connectivity index (χ0v) is 12.1. The molecule has 2 aromatic carbocycles. The van der Waals surface area contributed by atoms with Crippen molar-refractivity contribution in [3.8, 4) is 0 Å². The smallest absolute Gasteiger partial charge is 0.268 e. The van der Waals surface area contributed by atoms with Crippen LogP contribution in [0.15, 0.2) is 59.6 Å². The van der Waals surface area contributed by atoms with Gasteiger partial charge in [0.25, 0.3) is 5.91 Å². The van der Waals surface area contributed by atoms with Crippen molar-refractivity contribution in [3.63, 3.8) is 0 Å². The van der Waals surface area contributed by atoms with E-state index in [2.05, 4.69) is 4.99 Å². The van der Waals surface area contributed by atoms with E-state index in [1.807, 2.05) is 66.4 Å². The molecule has 1 aliphatic rings. The number of benzene rings is 2. The van der Waals surface area contributed by atoms with Crippen molar-refractivity contribution in [1.29, 1.82) is 0 Å². The standard InChI is InChI=1S/C18H18N2O/c1-2-16-18(21)20(12-14-8-4-3-5-9-14)13-15-10-6-7-11-17(15)19-16/h3-11H,2,12-13H2,1H3. The second kappa shape index (κ2) is 5.92. The van der Waals surface area contributed by atoms with E-state index in [1.54, 1.807) is 0 Å². The van der Waals surface area contributed by atoms with Crippen molar-refractivity contribution in [1.82, 2.24) is 4.90 Å². The second-order valence-electron chi connectivity index (χ2n) is 5.19. The number of carbonyl (C=O) groups excluding carboxylic acids is 1. The van der Waals surface area contributed by atoms with Gasteiger partial charge in [-0.3, -0.25) is 4.79 Å². The fourth-order valence-electron chi connectivity index (χ4n) is 2.57. The topological polar surface area (TPSA) is 32.7 Å². The summed E-state index contributed by atoms with van der Waals surface area (Å²) in [5, 5.41) is 0. The molecule has 0 saturated heterocycles. The summed E-state index contributed by atoms with van der Waals surface area (Å²) in [6.07, 6.45) is 0.651. The lowest BCUT2D eigenvalue weighted by Crippen LogP contribution is -2.34. The summed E-state index contributed by atoms with van der Waals surface area (Å²) in [5.74, 6) is 0.0394. The van der Waals surface area contributed by atoms with E-state index < -0.39 is 0 Å². The third kappa shape index (κ3) is 2.87. The van der Waals surface area contributed by atoms with Crippen molar-refractivity contribution in [2.75, 3.05) is 0 Å². The minimum Gasteiger partial charge on any atom is -0.329 e. The monoisotopic (exact) mass is 278 g/mol. The first-order valence-corrected chi connectivity index (χ1v) is 7.26. The van der Waals surface area contributed by atoms with E-state index >= 15 is 0 Å². The molecule has 1 amide bonds. The second-order valence-corrected chi connectivity index (χ2v) is 5.19. The number of carbonyl (C=O) groups is 1. The quantitative estimate of drug-likeness (QED) is 0.842. The molecule has 21 heavy (non-hydrogen) atoms. The minimum atomic E-state index is 0.0394. The molecule has 0 radical (unpaired) electrons. The van der Waals surface area contributed by atoms with Gasteiger partial charge in [0.15, 0.2) is 0 Å².